The van der Waals surface area contributed by atoms with Gasteiger partial charge in [-0.25, -0.2) is 4.98 Å². The van der Waals surface area contributed by atoms with Crippen LogP contribution in [0.15, 0.2) is 17.6 Å². The van der Waals surface area contributed by atoms with Crippen molar-refractivity contribution in [3.63, 3.8) is 0 Å². The summed E-state index contributed by atoms with van der Waals surface area (Å²) in [6.07, 6.45) is 8.41. The zero-order valence-electron chi connectivity index (χ0n) is 12.0. The fraction of sp³-hybridized carbons (Fsp3) is 0.600. The highest BCUT2D eigenvalue weighted by Gasteiger charge is 2.17. The maximum absolute atomic E-state index is 4.68. The number of hydrogen-bond donors (Lipinski definition) is 1. The highest BCUT2D eigenvalue weighted by Crippen LogP contribution is 2.28. The van der Waals surface area contributed by atoms with Crippen LogP contribution >= 0.6 is 11.3 Å². The topological polar surface area (TPSA) is 42.7 Å². The molecule has 2 aromatic heterocycles. The molecule has 0 radical (unpaired) electrons. The van der Waals surface area contributed by atoms with Crippen molar-refractivity contribution in [2.75, 3.05) is 6.54 Å². The van der Waals surface area contributed by atoms with Gasteiger partial charge in [0, 0.05) is 31.1 Å². The van der Waals surface area contributed by atoms with Gasteiger partial charge in [0.1, 0.15) is 0 Å². The van der Waals surface area contributed by atoms with Gasteiger partial charge in [-0.1, -0.05) is 12.8 Å². The summed E-state index contributed by atoms with van der Waals surface area (Å²) in [6.45, 7) is 3.86. The second-order valence-electron chi connectivity index (χ2n) is 5.51. The molecule has 0 bridgehead atoms. The van der Waals surface area contributed by atoms with Crippen LogP contribution in [0.2, 0.25) is 0 Å². The lowest BCUT2D eigenvalue weighted by atomic mass is 10.3. The fourth-order valence-electron chi connectivity index (χ4n) is 2.80. The summed E-state index contributed by atoms with van der Waals surface area (Å²) in [7, 11) is 0. The molecule has 0 amide bonds. The number of thiazole rings is 1. The van der Waals surface area contributed by atoms with Crippen LogP contribution in [0.4, 0.5) is 0 Å². The van der Waals surface area contributed by atoms with Crippen LogP contribution in [0.5, 0.6) is 0 Å². The molecule has 20 heavy (non-hydrogen) atoms. The minimum Gasteiger partial charge on any atom is -0.311 e. The van der Waals surface area contributed by atoms with Crippen LogP contribution < -0.4 is 5.32 Å². The van der Waals surface area contributed by atoms with Crippen LogP contribution in [-0.2, 0) is 13.0 Å². The van der Waals surface area contributed by atoms with Crippen molar-refractivity contribution in [2.45, 2.75) is 51.6 Å². The summed E-state index contributed by atoms with van der Waals surface area (Å²) in [6, 6.07) is 2.78. The third kappa shape index (κ3) is 3.46. The van der Waals surface area contributed by atoms with Gasteiger partial charge in [-0.2, -0.15) is 5.10 Å². The molecule has 0 spiro atoms. The molecule has 0 unspecified atom stereocenters. The van der Waals surface area contributed by atoms with Gasteiger partial charge in [-0.05, 0) is 25.8 Å². The SMILES string of the molecule is Cc1nc(CCNCc2ccn(C3CCCC3)n2)cs1. The zero-order chi connectivity index (χ0) is 13.8. The Balaban J connectivity index is 1.42. The van der Waals surface area contributed by atoms with E-state index < -0.39 is 0 Å². The summed E-state index contributed by atoms with van der Waals surface area (Å²) in [5, 5.41) is 11.4. The summed E-state index contributed by atoms with van der Waals surface area (Å²) in [5.74, 6) is 0. The van der Waals surface area contributed by atoms with Gasteiger partial charge >= 0.3 is 0 Å². The summed E-state index contributed by atoms with van der Waals surface area (Å²) >= 11 is 1.72. The lowest BCUT2D eigenvalue weighted by molar-refractivity contribution is 0.461. The Morgan fingerprint density at radius 2 is 2.20 bits per heavy atom. The molecule has 0 atom stereocenters. The van der Waals surface area contributed by atoms with Crippen LogP contribution in [0.1, 0.15) is 48.1 Å². The van der Waals surface area contributed by atoms with Gasteiger partial charge in [0.25, 0.3) is 0 Å². The molecule has 2 aromatic rings. The largest absolute Gasteiger partial charge is 0.311 e. The molecule has 3 rings (SSSR count). The second kappa shape index (κ2) is 6.50. The van der Waals surface area contributed by atoms with E-state index in [1.807, 2.05) is 0 Å². The first kappa shape index (κ1) is 13.8. The number of nitrogens with zero attached hydrogens (tertiary/aromatic N) is 3. The molecule has 1 aliphatic rings. The monoisotopic (exact) mass is 290 g/mol. The summed E-state index contributed by atoms with van der Waals surface area (Å²) < 4.78 is 2.16. The third-order valence-corrected chi connectivity index (χ3v) is 4.72. The van der Waals surface area contributed by atoms with Crippen molar-refractivity contribution < 1.29 is 0 Å². The van der Waals surface area contributed by atoms with Gasteiger partial charge in [-0.3, -0.25) is 4.68 Å². The number of aryl methyl sites for hydroxylation is 1. The molecule has 0 saturated heterocycles. The predicted molar refractivity (Wildman–Crippen MR) is 82.0 cm³/mol. The molecule has 2 heterocycles. The molecule has 5 heteroatoms. The molecule has 1 fully saturated rings. The second-order valence-corrected chi connectivity index (χ2v) is 6.57. The van der Waals surface area contributed by atoms with Crippen LogP contribution in [0.3, 0.4) is 0 Å². The molecule has 1 aliphatic carbocycles. The predicted octanol–water partition coefficient (Wildman–Crippen LogP) is 3.10. The smallest absolute Gasteiger partial charge is 0.0897 e. The van der Waals surface area contributed by atoms with Crippen molar-refractivity contribution in [2.24, 2.45) is 0 Å². The van der Waals surface area contributed by atoms with Crippen molar-refractivity contribution in [3.05, 3.63) is 34.0 Å². The lowest BCUT2D eigenvalue weighted by Crippen LogP contribution is -2.17. The van der Waals surface area contributed by atoms with E-state index in [-0.39, 0.29) is 0 Å². The van der Waals surface area contributed by atoms with E-state index >= 15 is 0 Å². The molecule has 108 valence electrons. The van der Waals surface area contributed by atoms with Gasteiger partial charge in [0.15, 0.2) is 0 Å². The minimum absolute atomic E-state index is 0.640. The van der Waals surface area contributed by atoms with Crippen molar-refractivity contribution in [3.8, 4) is 0 Å². The molecule has 1 saturated carbocycles. The summed E-state index contributed by atoms with van der Waals surface area (Å²) in [4.78, 5) is 4.47. The Bertz CT molecular complexity index is 540. The Kier molecular flexibility index (Phi) is 4.47. The lowest BCUT2D eigenvalue weighted by Gasteiger charge is -2.08. The van der Waals surface area contributed by atoms with E-state index in [0.29, 0.717) is 6.04 Å². The maximum Gasteiger partial charge on any atom is 0.0897 e. The maximum atomic E-state index is 4.68. The number of rotatable bonds is 6. The van der Waals surface area contributed by atoms with E-state index in [1.54, 1.807) is 11.3 Å². The molecular formula is C15H22N4S. The highest BCUT2D eigenvalue weighted by atomic mass is 32.1. The number of hydrogen-bond acceptors (Lipinski definition) is 4. The highest BCUT2D eigenvalue weighted by molar-refractivity contribution is 7.09. The first-order valence-electron chi connectivity index (χ1n) is 7.47. The Morgan fingerprint density at radius 1 is 1.35 bits per heavy atom. The molecule has 0 aromatic carbocycles. The van der Waals surface area contributed by atoms with E-state index in [9.17, 15) is 0 Å². The normalized spacial score (nSPS) is 16.1. The fourth-order valence-corrected chi connectivity index (χ4v) is 3.45. The minimum atomic E-state index is 0.640. The average Bonchev–Trinajstić information content (AvgIpc) is 3.16. The molecule has 0 aliphatic heterocycles. The van der Waals surface area contributed by atoms with Crippen molar-refractivity contribution in [1.29, 1.82) is 0 Å². The molecule has 1 N–H and O–H groups in total. The van der Waals surface area contributed by atoms with E-state index in [1.165, 1.54) is 31.4 Å². The van der Waals surface area contributed by atoms with E-state index in [2.05, 4.69) is 44.6 Å². The van der Waals surface area contributed by atoms with Gasteiger partial charge < -0.3 is 5.32 Å². The first-order valence-corrected chi connectivity index (χ1v) is 8.35. The van der Waals surface area contributed by atoms with E-state index in [4.69, 9.17) is 0 Å². The third-order valence-electron chi connectivity index (χ3n) is 3.89. The van der Waals surface area contributed by atoms with E-state index in [0.717, 1.165) is 30.2 Å². The average molecular weight is 290 g/mol. The van der Waals surface area contributed by atoms with Crippen LogP contribution in [0, 0.1) is 6.92 Å². The molecular weight excluding hydrogens is 268 g/mol. The number of nitrogens with one attached hydrogen (secondary N) is 1. The standard InChI is InChI=1S/C15H22N4S/c1-12-17-14(11-20-12)6-8-16-10-13-7-9-19(18-13)15-4-2-3-5-15/h7,9,11,15-16H,2-6,8,10H2,1H3. The quantitative estimate of drug-likeness (QED) is 0.831. The van der Waals surface area contributed by atoms with Crippen LogP contribution in [-0.4, -0.2) is 21.3 Å². The van der Waals surface area contributed by atoms with Crippen molar-refractivity contribution >= 4 is 11.3 Å². The van der Waals surface area contributed by atoms with Gasteiger partial charge in [0.2, 0.25) is 0 Å². The zero-order valence-corrected chi connectivity index (χ0v) is 12.8. The number of aromatic nitrogens is 3. The van der Waals surface area contributed by atoms with Crippen LogP contribution in [0.25, 0.3) is 0 Å². The Labute approximate surface area is 124 Å². The Hall–Kier alpha value is -1.20. The van der Waals surface area contributed by atoms with Crippen molar-refractivity contribution in [1.82, 2.24) is 20.1 Å². The summed E-state index contributed by atoms with van der Waals surface area (Å²) in [5.41, 5.74) is 2.34. The first-order chi connectivity index (χ1) is 9.81. The van der Waals surface area contributed by atoms with Gasteiger partial charge in [-0.15, -0.1) is 11.3 Å². The Morgan fingerprint density at radius 3 is 2.95 bits per heavy atom. The van der Waals surface area contributed by atoms with Gasteiger partial charge in [0.05, 0.1) is 22.4 Å². The molecule has 4 nitrogen and oxygen atoms in total.